The van der Waals surface area contributed by atoms with Crippen LogP contribution < -0.4 is 0 Å². The Balaban J connectivity index is 1.92. The molecule has 3 rings (SSSR count). The number of ketones is 1. The SMILES string of the molecule is N#Cc1ccc2c(ccn2CC(=O)c2ccccc2)c1. The van der Waals surface area contributed by atoms with Crippen LogP contribution in [0.3, 0.4) is 0 Å². The van der Waals surface area contributed by atoms with Crippen molar-refractivity contribution in [2.45, 2.75) is 6.54 Å². The third-order valence-corrected chi connectivity index (χ3v) is 3.31. The van der Waals surface area contributed by atoms with Gasteiger partial charge in [-0.2, -0.15) is 5.26 Å². The molecule has 0 atom stereocenters. The van der Waals surface area contributed by atoms with Crippen molar-refractivity contribution >= 4 is 16.7 Å². The van der Waals surface area contributed by atoms with Gasteiger partial charge in [0.1, 0.15) is 0 Å². The monoisotopic (exact) mass is 260 g/mol. The molecule has 0 aliphatic rings. The van der Waals surface area contributed by atoms with E-state index in [0.29, 0.717) is 17.7 Å². The largest absolute Gasteiger partial charge is 0.340 e. The molecule has 0 N–H and O–H groups in total. The lowest BCUT2D eigenvalue weighted by Gasteiger charge is -2.05. The number of carbonyl (C=O) groups excluding carboxylic acids is 1. The highest BCUT2D eigenvalue weighted by atomic mass is 16.1. The van der Waals surface area contributed by atoms with E-state index < -0.39 is 0 Å². The number of benzene rings is 2. The minimum Gasteiger partial charge on any atom is -0.340 e. The summed E-state index contributed by atoms with van der Waals surface area (Å²) in [6.45, 7) is 0.305. The van der Waals surface area contributed by atoms with Gasteiger partial charge in [-0.3, -0.25) is 4.79 Å². The summed E-state index contributed by atoms with van der Waals surface area (Å²) in [5, 5.41) is 9.86. The number of hydrogen-bond acceptors (Lipinski definition) is 2. The lowest BCUT2D eigenvalue weighted by Crippen LogP contribution is -2.09. The number of Topliss-reactive ketones (excluding diaryl/α,β-unsaturated/α-hetero) is 1. The zero-order valence-electron chi connectivity index (χ0n) is 10.8. The Kier molecular flexibility index (Phi) is 3.06. The summed E-state index contributed by atoms with van der Waals surface area (Å²) in [5.41, 5.74) is 2.31. The van der Waals surface area contributed by atoms with Crippen LogP contribution in [0.25, 0.3) is 10.9 Å². The Labute approximate surface area is 116 Å². The van der Waals surface area contributed by atoms with Crippen molar-refractivity contribution in [3.63, 3.8) is 0 Å². The highest BCUT2D eigenvalue weighted by Crippen LogP contribution is 2.18. The fraction of sp³-hybridized carbons (Fsp3) is 0.0588. The van der Waals surface area contributed by atoms with E-state index in [1.54, 1.807) is 6.07 Å². The standard InChI is InChI=1S/C17H12N2O/c18-11-13-6-7-16-15(10-13)8-9-19(16)12-17(20)14-4-2-1-3-5-14/h1-10H,12H2. The van der Waals surface area contributed by atoms with Crippen LogP contribution in [0, 0.1) is 11.3 Å². The minimum absolute atomic E-state index is 0.0764. The van der Waals surface area contributed by atoms with Crippen LogP contribution in [-0.2, 0) is 6.54 Å². The number of rotatable bonds is 3. The third kappa shape index (κ3) is 2.19. The molecule has 0 spiro atoms. The van der Waals surface area contributed by atoms with E-state index in [1.165, 1.54) is 0 Å². The molecule has 0 unspecified atom stereocenters. The van der Waals surface area contributed by atoms with Gasteiger partial charge in [-0.1, -0.05) is 30.3 Å². The molecule has 3 nitrogen and oxygen atoms in total. The maximum absolute atomic E-state index is 12.2. The van der Waals surface area contributed by atoms with Crippen LogP contribution in [0.4, 0.5) is 0 Å². The molecule has 3 heteroatoms. The molecule has 20 heavy (non-hydrogen) atoms. The summed E-state index contributed by atoms with van der Waals surface area (Å²) in [6, 6.07) is 18.8. The lowest BCUT2D eigenvalue weighted by molar-refractivity contribution is 0.0973. The first-order valence-corrected chi connectivity index (χ1v) is 6.35. The van der Waals surface area contributed by atoms with E-state index in [2.05, 4.69) is 6.07 Å². The molecule has 0 bridgehead atoms. The van der Waals surface area contributed by atoms with Crippen molar-refractivity contribution in [1.82, 2.24) is 4.57 Å². The van der Waals surface area contributed by atoms with Crippen LogP contribution in [0.15, 0.2) is 60.8 Å². The first kappa shape index (κ1) is 12.2. The molecular formula is C17H12N2O. The van der Waals surface area contributed by atoms with Gasteiger partial charge < -0.3 is 4.57 Å². The van der Waals surface area contributed by atoms with Crippen molar-refractivity contribution in [3.8, 4) is 6.07 Å². The maximum atomic E-state index is 12.2. The molecule has 0 saturated heterocycles. The fourth-order valence-corrected chi connectivity index (χ4v) is 2.28. The summed E-state index contributed by atoms with van der Waals surface area (Å²) in [7, 11) is 0. The van der Waals surface area contributed by atoms with Crippen LogP contribution in [0.5, 0.6) is 0 Å². The molecule has 96 valence electrons. The van der Waals surface area contributed by atoms with E-state index in [9.17, 15) is 4.79 Å². The van der Waals surface area contributed by atoms with E-state index in [-0.39, 0.29) is 5.78 Å². The first-order chi connectivity index (χ1) is 9.78. The second-order valence-corrected chi connectivity index (χ2v) is 4.62. The molecule has 0 aliphatic carbocycles. The predicted molar refractivity (Wildman–Crippen MR) is 77.4 cm³/mol. The molecule has 0 amide bonds. The van der Waals surface area contributed by atoms with Crippen LogP contribution in [0.2, 0.25) is 0 Å². The minimum atomic E-state index is 0.0764. The average Bonchev–Trinajstić information content (AvgIpc) is 2.90. The normalized spacial score (nSPS) is 10.3. The summed E-state index contributed by atoms with van der Waals surface area (Å²) in [6.07, 6.45) is 1.88. The Morgan fingerprint density at radius 1 is 1.10 bits per heavy atom. The second kappa shape index (κ2) is 5.02. The van der Waals surface area contributed by atoms with Gasteiger partial charge in [-0.05, 0) is 24.3 Å². The molecular weight excluding hydrogens is 248 g/mol. The smallest absolute Gasteiger partial charge is 0.182 e. The van der Waals surface area contributed by atoms with E-state index in [1.807, 2.05) is 59.3 Å². The molecule has 1 aromatic heterocycles. The zero-order valence-corrected chi connectivity index (χ0v) is 10.8. The summed E-state index contributed by atoms with van der Waals surface area (Å²) < 4.78 is 1.91. The third-order valence-electron chi connectivity index (χ3n) is 3.31. The number of nitriles is 1. The molecule has 2 aromatic carbocycles. The number of hydrogen-bond donors (Lipinski definition) is 0. The van der Waals surface area contributed by atoms with Crippen LogP contribution in [0.1, 0.15) is 15.9 Å². The summed E-state index contributed by atoms with van der Waals surface area (Å²) in [4.78, 5) is 12.2. The van der Waals surface area contributed by atoms with Gasteiger partial charge >= 0.3 is 0 Å². The first-order valence-electron chi connectivity index (χ1n) is 6.35. The van der Waals surface area contributed by atoms with Gasteiger partial charge in [-0.25, -0.2) is 0 Å². The Hall–Kier alpha value is -2.86. The molecule has 3 aromatic rings. The van der Waals surface area contributed by atoms with Gasteiger partial charge in [0.25, 0.3) is 0 Å². The van der Waals surface area contributed by atoms with E-state index in [0.717, 1.165) is 10.9 Å². The summed E-state index contributed by atoms with van der Waals surface area (Å²) in [5.74, 6) is 0.0764. The highest BCUT2D eigenvalue weighted by molar-refractivity contribution is 5.96. The van der Waals surface area contributed by atoms with Crippen molar-refractivity contribution in [2.75, 3.05) is 0 Å². The topological polar surface area (TPSA) is 45.8 Å². The quantitative estimate of drug-likeness (QED) is 0.677. The Bertz CT molecular complexity index is 810. The van der Waals surface area contributed by atoms with E-state index in [4.69, 9.17) is 5.26 Å². The number of carbonyl (C=O) groups is 1. The fourth-order valence-electron chi connectivity index (χ4n) is 2.28. The Morgan fingerprint density at radius 3 is 2.65 bits per heavy atom. The molecule has 0 radical (unpaired) electrons. The summed E-state index contributed by atoms with van der Waals surface area (Å²) >= 11 is 0. The molecule has 1 heterocycles. The average molecular weight is 260 g/mol. The Morgan fingerprint density at radius 2 is 1.90 bits per heavy atom. The zero-order chi connectivity index (χ0) is 13.9. The van der Waals surface area contributed by atoms with Crippen LogP contribution in [-0.4, -0.2) is 10.4 Å². The van der Waals surface area contributed by atoms with Crippen molar-refractivity contribution < 1.29 is 4.79 Å². The van der Waals surface area contributed by atoms with E-state index >= 15 is 0 Å². The molecule has 0 fully saturated rings. The van der Waals surface area contributed by atoms with Gasteiger partial charge in [-0.15, -0.1) is 0 Å². The van der Waals surface area contributed by atoms with Gasteiger partial charge in [0, 0.05) is 22.7 Å². The molecule has 0 aliphatic heterocycles. The molecule has 0 saturated carbocycles. The van der Waals surface area contributed by atoms with Gasteiger partial charge in [0.2, 0.25) is 0 Å². The highest BCUT2D eigenvalue weighted by Gasteiger charge is 2.08. The second-order valence-electron chi connectivity index (χ2n) is 4.62. The van der Waals surface area contributed by atoms with Crippen molar-refractivity contribution in [3.05, 3.63) is 71.9 Å². The number of nitrogens with zero attached hydrogens (tertiary/aromatic N) is 2. The van der Waals surface area contributed by atoms with Gasteiger partial charge in [0.05, 0.1) is 18.2 Å². The maximum Gasteiger partial charge on any atom is 0.182 e. The lowest BCUT2D eigenvalue weighted by atomic mass is 10.1. The van der Waals surface area contributed by atoms with Crippen LogP contribution >= 0.6 is 0 Å². The number of aromatic nitrogens is 1. The predicted octanol–water partition coefficient (Wildman–Crippen LogP) is 3.40. The number of fused-ring (bicyclic) bond motifs is 1. The van der Waals surface area contributed by atoms with Crippen molar-refractivity contribution in [1.29, 1.82) is 5.26 Å². The van der Waals surface area contributed by atoms with Crippen molar-refractivity contribution in [2.24, 2.45) is 0 Å². The van der Waals surface area contributed by atoms with Gasteiger partial charge in [0.15, 0.2) is 5.78 Å².